The lowest BCUT2D eigenvalue weighted by molar-refractivity contribution is 0.185. The third-order valence-electron chi connectivity index (χ3n) is 3.97. The molecule has 118 valence electrons. The molecule has 0 spiro atoms. The summed E-state index contributed by atoms with van der Waals surface area (Å²) in [6.45, 7) is 2.07. The normalized spacial score (nSPS) is 15.2. The van der Waals surface area contributed by atoms with Crippen LogP contribution < -0.4 is 10.2 Å². The van der Waals surface area contributed by atoms with Crippen LogP contribution in [0.4, 0.5) is 10.5 Å². The van der Waals surface area contributed by atoms with Crippen LogP contribution in [0.3, 0.4) is 0 Å². The Kier molecular flexibility index (Phi) is 5.61. The fourth-order valence-corrected chi connectivity index (χ4v) is 2.57. The van der Waals surface area contributed by atoms with Crippen molar-refractivity contribution in [2.45, 2.75) is 18.9 Å². The number of hydrogen-bond acceptors (Lipinski definition) is 4. The first-order valence-corrected chi connectivity index (χ1v) is 7.51. The van der Waals surface area contributed by atoms with Crippen molar-refractivity contribution in [2.75, 3.05) is 38.2 Å². The lowest BCUT2D eigenvalue weighted by atomic mass is 10.0. The zero-order valence-corrected chi connectivity index (χ0v) is 12.8. The van der Waals surface area contributed by atoms with Gasteiger partial charge in [0.25, 0.3) is 0 Å². The van der Waals surface area contributed by atoms with Gasteiger partial charge in [0.15, 0.2) is 0 Å². The third kappa shape index (κ3) is 4.12. The average Bonchev–Trinajstić information content (AvgIpc) is 2.56. The molecule has 6 nitrogen and oxygen atoms in total. The topological polar surface area (TPSA) is 79.6 Å². The molecule has 0 atom stereocenters. The minimum absolute atomic E-state index is 0.0267. The van der Waals surface area contributed by atoms with Crippen LogP contribution in [-0.4, -0.2) is 55.4 Å². The molecule has 0 bridgehead atoms. The predicted molar refractivity (Wildman–Crippen MR) is 84.6 cm³/mol. The highest BCUT2D eigenvalue weighted by molar-refractivity contribution is 5.74. The first kappa shape index (κ1) is 16.1. The molecule has 1 heterocycles. The van der Waals surface area contributed by atoms with E-state index in [2.05, 4.69) is 16.3 Å². The minimum atomic E-state index is -0.133. The van der Waals surface area contributed by atoms with Crippen molar-refractivity contribution in [3.63, 3.8) is 0 Å². The van der Waals surface area contributed by atoms with E-state index in [-0.39, 0.29) is 18.7 Å². The van der Waals surface area contributed by atoms with E-state index in [0.717, 1.165) is 31.6 Å². The van der Waals surface area contributed by atoms with E-state index in [4.69, 9.17) is 10.4 Å². The fourth-order valence-electron chi connectivity index (χ4n) is 2.57. The standard InChI is InChI=1S/C16H22N4O2/c1-19(10-11-21)16(22)18-14-6-8-20(9-7-14)15-4-2-13(12-17)3-5-15/h2-5,14,21H,6-11H2,1H3,(H,18,22). The molecule has 6 heteroatoms. The van der Waals surface area contributed by atoms with Gasteiger partial charge in [-0.05, 0) is 37.1 Å². The molecule has 2 amide bonds. The maximum Gasteiger partial charge on any atom is 0.317 e. The summed E-state index contributed by atoms with van der Waals surface area (Å²) in [4.78, 5) is 15.6. The van der Waals surface area contributed by atoms with Crippen LogP contribution in [-0.2, 0) is 0 Å². The number of carbonyl (C=O) groups excluding carboxylic acids is 1. The first-order chi connectivity index (χ1) is 10.6. The van der Waals surface area contributed by atoms with E-state index in [9.17, 15) is 4.79 Å². The summed E-state index contributed by atoms with van der Waals surface area (Å²) in [6.07, 6.45) is 1.78. The summed E-state index contributed by atoms with van der Waals surface area (Å²) in [5, 5.41) is 20.7. The Hall–Kier alpha value is -2.26. The lowest BCUT2D eigenvalue weighted by Crippen LogP contribution is -2.48. The predicted octanol–water partition coefficient (Wildman–Crippen LogP) is 1.16. The maximum absolute atomic E-state index is 11.9. The third-order valence-corrected chi connectivity index (χ3v) is 3.97. The number of rotatable bonds is 4. The molecule has 0 unspecified atom stereocenters. The van der Waals surface area contributed by atoms with Gasteiger partial charge in [0.05, 0.1) is 18.2 Å². The number of likely N-dealkylation sites (N-methyl/N-ethyl adjacent to an activating group) is 1. The molecular weight excluding hydrogens is 280 g/mol. The smallest absolute Gasteiger partial charge is 0.317 e. The molecule has 0 aliphatic carbocycles. The number of urea groups is 1. The van der Waals surface area contributed by atoms with Crippen molar-refractivity contribution in [3.05, 3.63) is 29.8 Å². The number of hydrogen-bond donors (Lipinski definition) is 2. The van der Waals surface area contributed by atoms with E-state index in [1.54, 1.807) is 7.05 Å². The van der Waals surface area contributed by atoms with Gasteiger partial charge in [0.1, 0.15) is 0 Å². The zero-order valence-electron chi connectivity index (χ0n) is 12.8. The molecule has 1 aromatic carbocycles. The highest BCUT2D eigenvalue weighted by atomic mass is 16.3. The van der Waals surface area contributed by atoms with E-state index >= 15 is 0 Å². The fraction of sp³-hybridized carbons (Fsp3) is 0.500. The number of amides is 2. The Morgan fingerprint density at radius 3 is 2.59 bits per heavy atom. The number of nitrogens with one attached hydrogen (secondary N) is 1. The highest BCUT2D eigenvalue weighted by Crippen LogP contribution is 2.20. The van der Waals surface area contributed by atoms with Crippen molar-refractivity contribution in [3.8, 4) is 6.07 Å². The number of nitriles is 1. The highest BCUT2D eigenvalue weighted by Gasteiger charge is 2.21. The summed E-state index contributed by atoms with van der Waals surface area (Å²) in [5.41, 5.74) is 1.78. The Labute approximate surface area is 130 Å². The Bertz CT molecular complexity index is 530. The number of carbonyl (C=O) groups is 1. The van der Waals surface area contributed by atoms with Crippen molar-refractivity contribution in [1.29, 1.82) is 5.26 Å². The second kappa shape index (κ2) is 7.66. The zero-order chi connectivity index (χ0) is 15.9. The van der Waals surface area contributed by atoms with Gasteiger partial charge in [-0.3, -0.25) is 0 Å². The summed E-state index contributed by atoms with van der Waals surface area (Å²) >= 11 is 0. The van der Waals surface area contributed by atoms with Gasteiger partial charge in [-0.1, -0.05) is 0 Å². The molecule has 1 aliphatic heterocycles. The van der Waals surface area contributed by atoms with Gasteiger partial charge in [0, 0.05) is 38.4 Å². The number of benzene rings is 1. The van der Waals surface area contributed by atoms with Gasteiger partial charge >= 0.3 is 6.03 Å². The number of nitrogens with zero attached hydrogens (tertiary/aromatic N) is 3. The summed E-state index contributed by atoms with van der Waals surface area (Å²) < 4.78 is 0. The Balaban J connectivity index is 1.82. The molecule has 0 saturated carbocycles. The summed E-state index contributed by atoms with van der Waals surface area (Å²) in [6, 6.07) is 9.74. The SMILES string of the molecule is CN(CCO)C(=O)NC1CCN(c2ccc(C#N)cc2)CC1. The maximum atomic E-state index is 11.9. The molecule has 1 fully saturated rings. The summed E-state index contributed by atoms with van der Waals surface area (Å²) in [5.74, 6) is 0. The molecule has 2 rings (SSSR count). The first-order valence-electron chi connectivity index (χ1n) is 7.51. The molecule has 2 N–H and O–H groups in total. The van der Waals surface area contributed by atoms with Crippen molar-refractivity contribution in [1.82, 2.24) is 10.2 Å². The molecular formula is C16H22N4O2. The van der Waals surface area contributed by atoms with Gasteiger partial charge in [-0.2, -0.15) is 5.26 Å². The van der Waals surface area contributed by atoms with Gasteiger partial charge in [-0.15, -0.1) is 0 Å². The van der Waals surface area contributed by atoms with E-state index < -0.39 is 0 Å². The van der Waals surface area contributed by atoms with E-state index in [1.807, 2.05) is 24.3 Å². The number of piperidine rings is 1. The van der Waals surface area contributed by atoms with Crippen molar-refractivity contribution >= 4 is 11.7 Å². The minimum Gasteiger partial charge on any atom is -0.395 e. The van der Waals surface area contributed by atoms with Crippen LogP contribution in [0, 0.1) is 11.3 Å². The Morgan fingerprint density at radius 2 is 2.05 bits per heavy atom. The molecule has 1 saturated heterocycles. The van der Waals surface area contributed by atoms with Crippen molar-refractivity contribution in [2.24, 2.45) is 0 Å². The molecule has 22 heavy (non-hydrogen) atoms. The molecule has 1 aliphatic rings. The number of anilines is 1. The van der Waals surface area contributed by atoms with Crippen LogP contribution in [0.1, 0.15) is 18.4 Å². The van der Waals surface area contributed by atoms with Gasteiger partial charge in [-0.25, -0.2) is 4.79 Å². The van der Waals surface area contributed by atoms with Crippen LogP contribution >= 0.6 is 0 Å². The number of aliphatic hydroxyl groups excluding tert-OH is 1. The monoisotopic (exact) mass is 302 g/mol. The summed E-state index contributed by atoms with van der Waals surface area (Å²) in [7, 11) is 1.68. The quantitative estimate of drug-likeness (QED) is 0.875. The van der Waals surface area contributed by atoms with Crippen LogP contribution in [0.25, 0.3) is 0 Å². The average molecular weight is 302 g/mol. The second-order valence-corrected chi connectivity index (χ2v) is 5.51. The number of aliphatic hydroxyl groups is 1. The van der Waals surface area contributed by atoms with Gasteiger partial charge in [0.2, 0.25) is 0 Å². The van der Waals surface area contributed by atoms with Crippen molar-refractivity contribution < 1.29 is 9.90 Å². The Morgan fingerprint density at radius 1 is 1.41 bits per heavy atom. The van der Waals surface area contributed by atoms with Crippen LogP contribution in [0.5, 0.6) is 0 Å². The van der Waals surface area contributed by atoms with Gasteiger partial charge < -0.3 is 20.2 Å². The lowest BCUT2D eigenvalue weighted by Gasteiger charge is -2.34. The second-order valence-electron chi connectivity index (χ2n) is 5.51. The molecule has 0 aromatic heterocycles. The van der Waals surface area contributed by atoms with Crippen LogP contribution in [0.2, 0.25) is 0 Å². The largest absolute Gasteiger partial charge is 0.395 e. The van der Waals surface area contributed by atoms with E-state index in [1.165, 1.54) is 4.90 Å². The molecule has 1 aromatic rings. The van der Waals surface area contributed by atoms with Crippen LogP contribution in [0.15, 0.2) is 24.3 Å². The van der Waals surface area contributed by atoms with E-state index in [0.29, 0.717) is 12.1 Å². The molecule has 0 radical (unpaired) electrons.